The van der Waals surface area contributed by atoms with Gasteiger partial charge in [-0.2, -0.15) is 0 Å². The van der Waals surface area contributed by atoms with Crippen LogP contribution in [0.4, 0.5) is 10.8 Å². The lowest BCUT2D eigenvalue weighted by Gasteiger charge is -2.13. The molecule has 0 spiro atoms. The third-order valence-corrected chi connectivity index (χ3v) is 7.57. The number of rotatable bonds is 6. The van der Waals surface area contributed by atoms with Gasteiger partial charge in [0.25, 0.3) is 15.9 Å². The van der Waals surface area contributed by atoms with Gasteiger partial charge in [0, 0.05) is 5.56 Å². The van der Waals surface area contributed by atoms with Gasteiger partial charge in [-0.05, 0) is 49.9 Å². The number of carbonyl (C=O) groups excluding carboxylic acids is 1. The zero-order valence-electron chi connectivity index (χ0n) is 15.7. The summed E-state index contributed by atoms with van der Waals surface area (Å²) in [6, 6.07) is 9.42. The first kappa shape index (κ1) is 21.6. The van der Waals surface area contributed by atoms with Crippen molar-refractivity contribution in [2.45, 2.75) is 23.1 Å². The molecule has 0 fully saturated rings. The molecule has 29 heavy (non-hydrogen) atoms. The van der Waals surface area contributed by atoms with Crippen LogP contribution in [0.15, 0.2) is 45.6 Å². The second-order valence-electron chi connectivity index (χ2n) is 6.10. The van der Waals surface area contributed by atoms with Crippen LogP contribution in [0.5, 0.6) is 0 Å². The summed E-state index contributed by atoms with van der Waals surface area (Å²) in [6.45, 7) is 3.73. The Morgan fingerprint density at radius 1 is 1.14 bits per heavy atom. The van der Waals surface area contributed by atoms with Crippen molar-refractivity contribution in [2.75, 3.05) is 16.3 Å². The Bertz CT molecular complexity index is 1180. The van der Waals surface area contributed by atoms with Crippen LogP contribution in [0.25, 0.3) is 0 Å². The second-order valence-corrected chi connectivity index (χ2v) is 10.2. The fourth-order valence-electron chi connectivity index (χ4n) is 2.49. The minimum Gasteiger partial charge on any atom is -0.296 e. The highest BCUT2D eigenvalue weighted by Gasteiger charge is 2.21. The van der Waals surface area contributed by atoms with E-state index >= 15 is 0 Å². The quantitative estimate of drug-likeness (QED) is 0.405. The average molecular weight is 469 g/mol. The summed E-state index contributed by atoms with van der Waals surface area (Å²) in [5, 5.41) is 10.7. The van der Waals surface area contributed by atoms with E-state index in [1.807, 2.05) is 19.2 Å². The normalized spacial score (nSPS) is 11.3. The first-order chi connectivity index (χ1) is 13.7. The fourth-order valence-corrected chi connectivity index (χ4v) is 5.31. The molecule has 2 aromatic carbocycles. The molecule has 0 unspecified atom stereocenters. The molecule has 1 aromatic heterocycles. The van der Waals surface area contributed by atoms with Crippen LogP contribution >= 0.6 is 34.7 Å². The Hall–Kier alpha value is -2.14. The molecule has 7 nitrogen and oxygen atoms in total. The highest BCUT2D eigenvalue weighted by Crippen LogP contribution is 2.28. The molecule has 0 aliphatic heterocycles. The van der Waals surface area contributed by atoms with E-state index < -0.39 is 15.9 Å². The van der Waals surface area contributed by atoms with Crippen molar-refractivity contribution in [1.29, 1.82) is 0 Å². The van der Waals surface area contributed by atoms with Gasteiger partial charge in [-0.25, -0.2) is 8.42 Å². The van der Waals surface area contributed by atoms with E-state index in [4.69, 9.17) is 11.6 Å². The number of benzene rings is 2. The number of carbonyl (C=O) groups is 1. The molecule has 0 radical (unpaired) electrons. The monoisotopic (exact) mass is 468 g/mol. The lowest BCUT2D eigenvalue weighted by atomic mass is 10.1. The maximum absolute atomic E-state index is 12.9. The van der Waals surface area contributed by atoms with E-state index in [0.717, 1.165) is 11.1 Å². The number of nitrogens with zero attached hydrogens (tertiary/aromatic N) is 2. The van der Waals surface area contributed by atoms with Crippen molar-refractivity contribution < 1.29 is 13.2 Å². The van der Waals surface area contributed by atoms with Crippen LogP contribution in [0.2, 0.25) is 5.02 Å². The Balaban J connectivity index is 1.88. The number of halogens is 1. The predicted molar refractivity (Wildman–Crippen MR) is 118 cm³/mol. The molecule has 3 rings (SSSR count). The maximum Gasteiger partial charge on any atom is 0.263 e. The molecule has 152 valence electrons. The Labute approximate surface area is 182 Å². The minimum atomic E-state index is -4.00. The number of aromatic nitrogens is 2. The largest absolute Gasteiger partial charge is 0.296 e. The Morgan fingerprint density at radius 2 is 1.90 bits per heavy atom. The van der Waals surface area contributed by atoms with E-state index in [1.54, 1.807) is 19.1 Å². The smallest absolute Gasteiger partial charge is 0.263 e. The number of hydrogen-bond acceptors (Lipinski definition) is 7. The molecule has 2 N–H and O–H groups in total. The van der Waals surface area contributed by atoms with Crippen LogP contribution in [-0.2, 0) is 10.0 Å². The summed E-state index contributed by atoms with van der Waals surface area (Å²) in [4.78, 5) is 12.3. The lowest BCUT2D eigenvalue weighted by molar-refractivity contribution is 0.102. The molecule has 0 bridgehead atoms. The number of sulfonamides is 1. The van der Waals surface area contributed by atoms with Gasteiger partial charge in [0.2, 0.25) is 5.13 Å². The lowest BCUT2D eigenvalue weighted by Crippen LogP contribution is -2.17. The third-order valence-electron chi connectivity index (χ3n) is 3.91. The van der Waals surface area contributed by atoms with Crippen molar-refractivity contribution >= 4 is 61.4 Å². The van der Waals surface area contributed by atoms with E-state index in [2.05, 4.69) is 20.2 Å². The topological polar surface area (TPSA) is 101 Å². The van der Waals surface area contributed by atoms with Crippen LogP contribution < -0.4 is 10.0 Å². The maximum atomic E-state index is 12.9. The molecule has 0 saturated heterocycles. The summed E-state index contributed by atoms with van der Waals surface area (Å²) in [5.41, 5.74) is 2.37. The van der Waals surface area contributed by atoms with Gasteiger partial charge < -0.3 is 0 Å². The number of thioether (sulfide) groups is 1. The van der Waals surface area contributed by atoms with Crippen molar-refractivity contribution in [3.63, 3.8) is 0 Å². The SMILES string of the molecule is CSc1nnc(NC(=O)c2ccc(Cl)c(S(=O)(=O)Nc3ccc(C)cc3C)c2)s1. The predicted octanol–water partition coefficient (Wildman–Crippen LogP) is 4.58. The van der Waals surface area contributed by atoms with Crippen molar-refractivity contribution in [1.82, 2.24) is 10.2 Å². The van der Waals surface area contributed by atoms with Crippen LogP contribution in [0.1, 0.15) is 21.5 Å². The van der Waals surface area contributed by atoms with Crippen LogP contribution in [0, 0.1) is 13.8 Å². The first-order valence-corrected chi connectivity index (χ1v) is 12.2. The summed E-state index contributed by atoms with van der Waals surface area (Å²) in [6.07, 6.45) is 1.85. The van der Waals surface area contributed by atoms with Gasteiger partial charge in [0.05, 0.1) is 10.7 Å². The van der Waals surface area contributed by atoms with Gasteiger partial charge in [-0.1, -0.05) is 52.4 Å². The Kier molecular flexibility index (Phi) is 6.47. The van der Waals surface area contributed by atoms with Gasteiger partial charge >= 0.3 is 0 Å². The number of nitrogens with one attached hydrogen (secondary N) is 2. The highest BCUT2D eigenvalue weighted by molar-refractivity contribution is 8.00. The molecular weight excluding hydrogens is 452 g/mol. The van der Waals surface area contributed by atoms with Crippen LogP contribution in [-0.4, -0.2) is 30.8 Å². The summed E-state index contributed by atoms with van der Waals surface area (Å²) >= 11 is 8.76. The zero-order valence-corrected chi connectivity index (χ0v) is 18.9. The van der Waals surface area contributed by atoms with Gasteiger partial charge in [-0.3, -0.25) is 14.8 Å². The molecule has 0 aliphatic carbocycles. The summed E-state index contributed by atoms with van der Waals surface area (Å²) in [5.74, 6) is -0.506. The van der Waals surface area contributed by atoms with Gasteiger partial charge in [-0.15, -0.1) is 10.2 Å². The number of anilines is 2. The molecule has 3 aromatic rings. The molecule has 11 heteroatoms. The summed E-state index contributed by atoms with van der Waals surface area (Å²) < 4.78 is 29.0. The molecular formula is C18H17ClN4O3S3. The van der Waals surface area contributed by atoms with Gasteiger partial charge in [0.1, 0.15) is 4.90 Å². The van der Waals surface area contributed by atoms with E-state index in [9.17, 15) is 13.2 Å². The molecule has 0 atom stereocenters. The number of hydrogen-bond donors (Lipinski definition) is 2. The standard InChI is InChI=1S/C18H17ClN4O3S3/c1-10-4-7-14(11(2)8-10)23-29(25,26)15-9-12(5-6-13(15)19)16(24)20-17-21-22-18(27-3)28-17/h4-9,23H,1-3H3,(H,20,21,24). The third kappa shape index (κ3) is 5.08. The number of amides is 1. The highest BCUT2D eigenvalue weighted by atomic mass is 35.5. The molecule has 1 amide bonds. The molecule has 0 aliphatic rings. The Morgan fingerprint density at radius 3 is 2.55 bits per heavy atom. The average Bonchev–Trinajstić information content (AvgIpc) is 3.11. The van der Waals surface area contributed by atoms with Crippen molar-refractivity contribution in [3.05, 3.63) is 58.1 Å². The number of aryl methyl sites for hydroxylation is 2. The zero-order chi connectivity index (χ0) is 21.2. The van der Waals surface area contributed by atoms with Crippen molar-refractivity contribution in [3.8, 4) is 0 Å². The molecule has 0 saturated carbocycles. The van der Waals surface area contributed by atoms with Gasteiger partial charge in [0.15, 0.2) is 4.34 Å². The summed E-state index contributed by atoms with van der Waals surface area (Å²) in [7, 11) is -4.00. The minimum absolute atomic E-state index is 0.0133. The van der Waals surface area contributed by atoms with Crippen molar-refractivity contribution in [2.24, 2.45) is 0 Å². The first-order valence-electron chi connectivity index (χ1n) is 8.28. The molecule has 1 heterocycles. The van der Waals surface area contributed by atoms with E-state index in [0.29, 0.717) is 15.2 Å². The van der Waals surface area contributed by atoms with E-state index in [-0.39, 0.29) is 15.5 Å². The fraction of sp³-hybridized carbons (Fsp3) is 0.167. The van der Waals surface area contributed by atoms with Crippen LogP contribution in [0.3, 0.4) is 0 Å². The van der Waals surface area contributed by atoms with E-state index in [1.165, 1.54) is 41.3 Å². The second kappa shape index (κ2) is 8.70.